The normalized spacial score (nSPS) is 11.8. The van der Waals surface area contributed by atoms with E-state index < -0.39 is 22.6 Å². The Morgan fingerprint density at radius 3 is 2.52 bits per heavy atom. The number of nitrogens with zero attached hydrogens (tertiary/aromatic N) is 1. The molecule has 1 N–H and O–H groups in total. The van der Waals surface area contributed by atoms with Crippen molar-refractivity contribution in [3.8, 4) is 0 Å². The van der Waals surface area contributed by atoms with E-state index in [9.17, 15) is 13.4 Å². The fourth-order valence-corrected chi connectivity index (χ4v) is 2.56. The van der Waals surface area contributed by atoms with Crippen LogP contribution in [0.5, 0.6) is 0 Å². The van der Waals surface area contributed by atoms with Crippen LogP contribution in [0.25, 0.3) is 0 Å². The zero-order valence-corrected chi connectivity index (χ0v) is 13.6. The number of benzene rings is 2. The third-order valence-electron chi connectivity index (χ3n) is 3.11. The molecule has 2 aromatic carbocycles. The van der Waals surface area contributed by atoms with Crippen molar-refractivity contribution in [3.63, 3.8) is 0 Å². The van der Waals surface area contributed by atoms with Crippen LogP contribution in [0.2, 0.25) is 0 Å². The first-order valence-electron chi connectivity index (χ1n) is 6.81. The molecular formula is C16H17FN2O3S. The third-order valence-corrected chi connectivity index (χ3v) is 4.06. The van der Waals surface area contributed by atoms with Crippen LogP contribution in [-0.2, 0) is 22.2 Å². The monoisotopic (exact) mass is 336 g/mol. The summed E-state index contributed by atoms with van der Waals surface area (Å²) in [6.45, 7) is 0.253. The largest absolute Gasteiger partial charge is 0.346 e. The van der Waals surface area contributed by atoms with Crippen molar-refractivity contribution in [1.29, 1.82) is 0 Å². The molecule has 23 heavy (non-hydrogen) atoms. The highest BCUT2D eigenvalue weighted by Gasteiger charge is 2.15. The van der Waals surface area contributed by atoms with Crippen LogP contribution >= 0.6 is 0 Å². The maximum absolute atomic E-state index is 13.8. The van der Waals surface area contributed by atoms with E-state index in [1.807, 2.05) is 30.3 Å². The Kier molecular flexibility index (Phi) is 5.84. The first kappa shape index (κ1) is 17.1. The summed E-state index contributed by atoms with van der Waals surface area (Å²) in [5, 5.41) is 3.67. The Hall–Kier alpha value is -2.25. The Bertz CT molecular complexity index is 710. The predicted molar refractivity (Wildman–Crippen MR) is 86.7 cm³/mol. The van der Waals surface area contributed by atoms with Crippen LogP contribution in [-0.4, -0.2) is 28.7 Å². The number of carbonyl (C=O) groups is 1. The van der Waals surface area contributed by atoms with Gasteiger partial charge < -0.3 is 5.32 Å². The topological polar surface area (TPSA) is 58.6 Å². The molecule has 5 nitrogen and oxygen atoms in total. The molecular weight excluding hydrogens is 319 g/mol. The van der Waals surface area contributed by atoms with E-state index in [0.717, 1.165) is 16.7 Å². The van der Waals surface area contributed by atoms with Gasteiger partial charge in [-0.1, -0.05) is 30.3 Å². The van der Waals surface area contributed by atoms with Crippen molar-refractivity contribution in [2.75, 3.05) is 18.7 Å². The number of hydrogen-bond acceptors (Lipinski definition) is 3. The maximum Gasteiger partial charge on any atom is 0.346 e. The lowest BCUT2D eigenvalue weighted by Crippen LogP contribution is -2.33. The summed E-state index contributed by atoms with van der Waals surface area (Å²) >= 11 is 0. The summed E-state index contributed by atoms with van der Waals surface area (Å²) in [5.41, 5.74) is 1.16. The molecule has 0 unspecified atom stereocenters. The van der Waals surface area contributed by atoms with Crippen LogP contribution in [0.15, 0.2) is 53.4 Å². The van der Waals surface area contributed by atoms with E-state index in [4.69, 9.17) is 4.84 Å². The van der Waals surface area contributed by atoms with Crippen LogP contribution in [0.4, 0.5) is 14.9 Å². The molecule has 0 fully saturated rings. The van der Waals surface area contributed by atoms with E-state index in [2.05, 4.69) is 5.32 Å². The average molecular weight is 336 g/mol. The van der Waals surface area contributed by atoms with E-state index >= 15 is 0 Å². The number of nitrogens with one attached hydrogen (secondary N) is 1. The number of carbonyl (C=O) groups excluding carboxylic acids is 1. The van der Waals surface area contributed by atoms with Gasteiger partial charge in [0.15, 0.2) is 0 Å². The average Bonchev–Trinajstić information content (AvgIpc) is 2.53. The molecule has 7 heteroatoms. The number of hydroxylamine groups is 2. The second-order valence-electron chi connectivity index (χ2n) is 4.73. The second kappa shape index (κ2) is 7.85. The predicted octanol–water partition coefficient (Wildman–Crippen LogP) is 3.16. The molecule has 0 bridgehead atoms. The summed E-state index contributed by atoms with van der Waals surface area (Å²) in [5.74, 6) is -0.629. The summed E-state index contributed by atoms with van der Waals surface area (Å²) in [6.07, 6.45) is 1.39. The first-order chi connectivity index (χ1) is 11.0. The minimum Gasteiger partial charge on any atom is -0.306 e. The van der Waals surface area contributed by atoms with E-state index in [0.29, 0.717) is 0 Å². The molecule has 0 aliphatic carbocycles. The molecule has 0 spiro atoms. The highest BCUT2D eigenvalue weighted by atomic mass is 32.2. The standard InChI is InChI=1S/C16H17FN2O3S/c1-22-19(11-12-6-4-3-5-7-12)16(20)18-13-8-9-15(23(2)21)14(17)10-13/h3-10H,11H2,1-2H3,(H,18,20)/t23-/m0/s1. The first-order valence-corrected chi connectivity index (χ1v) is 8.36. The van der Waals surface area contributed by atoms with Crippen LogP contribution < -0.4 is 5.32 Å². The smallest absolute Gasteiger partial charge is 0.306 e. The van der Waals surface area contributed by atoms with Crippen molar-refractivity contribution in [3.05, 3.63) is 59.9 Å². The van der Waals surface area contributed by atoms with E-state index in [1.54, 1.807) is 0 Å². The SMILES string of the molecule is CON(Cc1ccccc1)C(=O)Nc1ccc([S@](C)=O)c(F)c1. The lowest BCUT2D eigenvalue weighted by atomic mass is 10.2. The number of hydrogen-bond donors (Lipinski definition) is 1. The zero-order chi connectivity index (χ0) is 16.8. The molecule has 0 saturated heterocycles. The molecule has 2 amide bonds. The molecule has 0 saturated carbocycles. The van der Waals surface area contributed by atoms with Crippen molar-refractivity contribution in [1.82, 2.24) is 5.06 Å². The second-order valence-corrected chi connectivity index (χ2v) is 6.08. The number of amides is 2. The zero-order valence-electron chi connectivity index (χ0n) is 12.8. The van der Waals surface area contributed by atoms with Gasteiger partial charge in [-0.2, -0.15) is 5.06 Å². The quantitative estimate of drug-likeness (QED) is 0.853. The summed E-state index contributed by atoms with van der Waals surface area (Å²) in [7, 11) is -0.0398. The molecule has 2 rings (SSSR count). The number of anilines is 1. The lowest BCUT2D eigenvalue weighted by molar-refractivity contribution is -0.0886. The Morgan fingerprint density at radius 2 is 1.96 bits per heavy atom. The van der Waals surface area contributed by atoms with Gasteiger partial charge in [-0.15, -0.1) is 0 Å². The maximum atomic E-state index is 13.8. The van der Waals surface area contributed by atoms with Gasteiger partial charge >= 0.3 is 6.03 Å². The van der Waals surface area contributed by atoms with Gasteiger partial charge in [0.1, 0.15) is 5.82 Å². The lowest BCUT2D eigenvalue weighted by Gasteiger charge is -2.20. The molecule has 1 atom stereocenters. The number of urea groups is 1. The van der Waals surface area contributed by atoms with Gasteiger partial charge in [-0.3, -0.25) is 9.05 Å². The molecule has 0 heterocycles. The van der Waals surface area contributed by atoms with Crippen LogP contribution in [0.3, 0.4) is 0 Å². The summed E-state index contributed by atoms with van der Waals surface area (Å²) < 4.78 is 25.1. The molecule has 122 valence electrons. The molecule has 0 radical (unpaired) electrons. The van der Waals surface area contributed by atoms with Crippen LogP contribution in [0.1, 0.15) is 5.56 Å². The highest BCUT2D eigenvalue weighted by molar-refractivity contribution is 7.84. The van der Waals surface area contributed by atoms with Crippen LogP contribution in [0, 0.1) is 5.82 Å². The fourth-order valence-electron chi connectivity index (χ4n) is 1.97. The van der Waals surface area contributed by atoms with Gasteiger partial charge in [0.2, 0.25) is 0 Å². The summed E-state index contributed by atoms with van der Waals surface area (Å²) in [4.78, 5) is 17.3. The third kappa shape index (κ3) is 4.61. The van der Waals surface area contributed by atoms with Crippen molar-refractivity contribution >= 4 is 22.5 Å². The van der Waals surface area contributed by atoms with Gasteiger partial charge in [-0.05, 0) is 23.8 Å². The van der Waals surface area contributed by atoms with Crippen molar-refractivity contribution in [2.45, 2.75) is 11.4 Å². The molecule has 0 aromatic heterocycles. The Balaban J connectivity index is 2.07. The van der Waals surface area contributed by atoms with E-state index in [1.165, 1.54) is 25.5 Å². The Morgan fingerprint density at radius 1 is 1.26 bits per heavy atom. The van der Waals surface area contributed by atoms with Crippen molar-refractivity contribution < 1.29 is 18.2 Å². The van der Waals surface area contributed by atoms with E-state index in [-0.39, 0.29) is 17.1 Å². The molecule has 0 aliphatic rings. The summed E-state index contributed by atoms with van der Waals surface area (Å²) in [6, 6.07) is 12.8. The van der Waals surface area contributed by atoms with Crippen molar-refractivity contribution in [2.24, 2.45) is 0 Å². The molecule has 0 aliphatic heterocycles. The number of rotatable bonds is 5. The number of halogens is 1. The van der Waals surface area contributed by atoms with Gasteiger partial charge in [-0.25, -0.2) is 9.18 Å². The Labute approximate surface area is 136 Å². The van der Waals surface area contributed by atoms with Gasteiger partial charge in [0.25, 0.3) is 0 Å². The highest BCUT2D eigenvalue weighted by Crippen LogP contribution is 2.18. The van der Waals surface area contributed by atoms with Gasteiger partial charge in [0.05, 0.1) is 29.3 Å². The molecule has 2 aromatic rings. The minimum absolute atomic E-state index is 0.0934. The fraction of sp³-hybridized carbons (Fsp3) is 0.188. The van der Waals surface area contributed by atoms with Gasteiger partial charge in [0, 0.05) is 11.9 Å². The minimum atomic E-state index is -1.42.